The van der Waals surface area contributed by atoms with E-state index < -0.39 is 5.82 Å². The molecule has 1 aromatic carbocycles. The minimum atomic E-state index is -0.445. The summed E-state index contributed by atoms with van der Waals surface area (Å²) in [5.74, 6) is -0.112. The highest BCUT2D eigenvalue weighted by atomic mass is 35.5. The molecule has 0 aromatic heterocycles. The molecule has 1 saturated heterocycles. The van der Waals surface area contributed by atoms with Crippen LogP contribution >= 0.6 is 11.6 Å². The Morgan fingerprint density at radius 1 is 1.39 bits per heavy atom. The molecule has 1 amide bonds. The lowest BCUT2D eigenvalue weighted by molar-refractivity contribution is -0.117. The fourth-order valence-corrected chi connectivity index (χ4v) is 2.41. The lowest BCUT2D eigenvalue weighted by Crippen LogP contribution is -2.30. The van der Waals surface area contributed by atoms with Crippen LogP contribution in [0, 0.1) is 11.7 Å². The number of piperidine rings is 1. The number of benzene rings is 1. The average Bonchev–Trinajstić information content (AvgIpc) is 2.28. The van der Waals surface area contributed by atoms with Crippen molar-refractivity contribution >= 4 is 23.2 Å². The third-order valence-corrected chi connectivity index (χ3v) is 3.30. The maximum Gasteiger partial charge on any atom is 0.224 e. The summed E-state index contributed by atoms with van der Waals surface area (Å²) in [5.41, 5.74) is 0.416. The summed E-state index contributed by atoms with van der Waals surface area (Å²) < 4.78 is 13.1. The van der Waals surface area contributed by atoms with Gasteiger partial charge in [0.15, 0.2) is 0 Å². The van der Waals surface area contributed by atoms with Crippen molar-refractivity contribution in [3.8, 4) is 0 Å². The first-order valence-electron chi connectivity index (χ1n) is 6.10. The lowest BCUT2D eigenvalue weighted by Gasteiger charge is -2.21. The van der Waals surface area contributed by atoms with Crippen LogP contribution in [0.1, 0.15) is 19.3 Å². The van der Waals surface area contributed by atoms with E-state index in [0.717, 1.165) is 25.9 Å². The number of halogens is 2. The van der Waals surface area contributed by atoms with Gasteiger partial charge in [0, 0.05) is 17.1 Å². The Morgan fingerprint density at radius 2 is 2.11 bits per heavy atom. The minimum Gasteiger partial charge on any atom is -0.326 e. The van der Waals surface area contributed by atoms with Gasteiger partial charge in [-0.2, -0.15) is 0 Å². The molecule has 1 heterocycles. The topological polar surface area (TPSA) is 41.1 Å². The lowest BCUT2D eigenvalue weighted by atomic mass is 9.94. The van der Waals surface area contributed by atoms with Crippen LogP contribution in [-0.4, -0.2) is 19.0 Å². The molecule has 0 aliphatic carbocycles. The van der Waals surface area contributed by atoms with Crippen molar-refractivity contribution in [2.24, 2.45) is 5.92 Å². The Bertz CT molecular complexity index is 413. The summed E-state index contributed by atoms with van der Waals surface area (Å²) in [6, 6.07) is 4.03. The molecule has 0 bridgehead atoms. The van der Waals surface area contributed by atoms with Gasteiger partial charge < -0.3 is 10.6 Å². The average molecular weight is 271 g/mol. The Kier molecular flexibility index (Phi) is 4.55. The van der Waals surface area contributed by atoms with Crippen LogP contribution in [0.5, 0.6) is 0 Å². The molecule has 18 heavy (non-hydrogen) atoms. The van der Waals surface area contributed by atoms with Gasteiger partial charge in [-0.15, -0.1) is 0 Å². The van der Waals surface area contributed by atoms with E-state index in [2.05, 4.69) is 10.6 Å². The number of anilines is 1. The molecule has 2 rings (SSSR count). The highest BCUT2D eigenvalue weighted by molar-refractivity contribution is 6.30. The number of rotatable bonds is 3. The van der Waals surface area contributed by atoms with Crippen LogP contribution in [0.2, 0.25) is 5.02 Å². The molecule has 98 valence electrons. The van der Waals surface area contributed by atoms with Crippen LogP contribution < -0.4 is 10.6 Å². The van der Waals surface area contributed by atoms with E-state index in [1.165, 1.54) is 12.1 Å². The second-order valence-electron chi connectivity index (χ2n) is 4.60. The Morgan fingerprint density at radius 3 is 2.78 bits per heavy atom. The first-order chi connectivity index (χ1) is 8.63. The normalized spacial score (nSPS) is 16.6. The molecule has 1 aliphatic rings. The van der Waals surface area contributed by atoms with E-state index in [4.69, 9.17) is 11.6 Å². The van der Waals surface area contributed by atoms with E-state index in [-0.39, 0.29) is 10.9 Å². The molecule has 0 unspecified atom stereocenters. The fraction of sp³-hybridized carbons (Fsp3) is 0.462. The number of hydrogen-bond donors (Lipinski definition) is 2. The van der Waals surface area contributed by atoms with E-state index in [9.17, 15) is 9.18 Å². The predicted octanol–water partition coefficient (Wildman–Crippen LogP) is 2.81. The maximum absolute atomic E-state index is 13.1. The molecule has 1 aromatic rings. The second kappa shape index (κ2) is 6.16. The minimum absolute atomic E-state index is 0.0800. The van der Waals surface area contributed by atoms with E-state index >= 15 is 0 Å². The van der Waals surface area contributed by atoms with Gasteiger partial charge in [0.1, 0.15) is 5.82 Å². The van der Waals surface area contributed by atoms with Gasteiger partial charge in [-0.3, -0.25) is 4.79 Å². The standard InChI is InChI=1S/C13H16ClFN2O/c14-10-6-11(15)8-12(7-10)17-13(18)5-9-1-3-16-4-2-9/h6-9,16H,1-5H2,(H,17,18). The number of carbonyl (C=O) groups excluding carboxylic acids is 1. The summed E-state index contributed by atoms with van der Waals surface area (Å²) in [6.45, 7) is 1.92. The van der Waals surface area contributed by atoms with Crippen molar-refractivity contribution in [2.45, 2.75) is 19.3 Å². The first kappa shape index (κ1) is 13.3. The van der Waals surface area contributed by atoms with Crippen molar-refractivity contribution in [3.05, 3.63) is 29.0 Å². The summed E-state index contributed by atoms with van der Waals surface area (Å²) in [4.78, 5) is 11.8. The number of amides is 1. The molecule has 0 saturated carbocycles. The van der Waals surface area contributed by atoms with Crippen molar-refractivity contribution < 1.29 is 9.18 Å². The van der Waals surface area contributed by atoms with Gasteiger partial charge >= 0.3 is 0 Å². The van der Waals surface area contributed by atoms with Crippen molar-refractivity contribution in [1.82, 2.24) is 5.32 Å². The van der Waals surface area contributed by atoms with Gasteiger partial charge in [-0.05, 0) is 50.0 Å². The zero-order valence-corrected chi connectivity index (χ0v) is 10.8. The monoisotopic (exact) mass is 270 g/mol. The van der Waals surface area contributed by atoms with E-state index in [1.807, 2.05) is 0 Å². The smallest absolute Gasteiger partial charge is 0.224 e. The van der Waals surface area contributed by atoms with Crippen LogP contribution in [0.3, 0.4) is 0 Å². The van der Waals surface area contributed by atoms with E-state index in [0.29, 0.717) is 18.0 Å². The molecule has 5 heteroatoms. The van der Waals surface area contributed by atoms with E-state index in [1.54, 1.807) is 6.07 Å². The van der Waals surface area contributed by atoms with Gasteiger partial charge in [0.05, 0.1) is 0 Å². The molecule has 0 atom stereocenters. The molecular formula is C13H16ClFN2O. The van der Waals surface area contributed by atoms with Crippen LogP contribution in [0.25, 0.3) is 0 Å². The number of nitrogens with one attached hydrogen (secondary N) is 2. The van der Waals surface area contributed by atoms with Gasteiger partial charge in [0.25, 0.3) is 0 Å². The highest BCUT2D eigenvalue weighted by Gasteiger charge is 2.16. The summed E-state index contributed by atoms with van der Waals surface area (Å²) in [5, 5.41) is 6.23. The quantitative estimate of drug-likeness (QED) is 0.887. The third-order valence-electron chi connectivity index (χ3n) is 3.08. The molecule has 2 N–H and O–H groups in total. The third kappa shape index (κ3) is 3.96. The summed E-state index contributed by atoms with van der Waals surface area (Å²) in [6.07, 6.45) is 2.50. The Labute approximate surface area is 111 Å². The van der Waals surface area contributed by atoms with Gasteiger partial charge in [-0.25, -0.2) is 4.39 Å². The first-order valence-corrected chi connectivity index (χ1v) is 6.48. The Balaban J connectivity index is 1.89. The van der Waals surface area contributed by atoms with Gasteiger partial charge in [-0.1, -0.05) is 11.6 Å². The summed E-state index contributed by atoms with van der Waals surface area (Å²) >= 11 is 5.73. The number of hydrogen-bond acceptors (Lipinski definition) is 2. The SMILES string of the molecule is O=C(CC1CCNCC1)Nc1cc(F)cc(Cl)c1. The van der Waals surface area contributed by atoms with Gasteiger partial charge in [0.2, 0.25) is 5.91 Å². The van der Waals surface area contributed by atoms with Crippen molar-refractivity contribution in [2.75, 3.05) is 18.4 Å². The summed E-state index contributed by atoms with van der Waals surface area (Å²) in [7, 11) is 0. The van der Waals surface area contributed by atoms with Crippen LogP contribution in [0.15, 0.2) is 18.2 Å². The molecule has 3 nitrogen and oxygen atoms in total. The predicted molar refractivity (Wildman–Crippen MR) is 70.3 cm³/mol. The fourth-order valence-electron chi connectivity index (χ4n) is 2.19. The maximum atomic E-state index is 13.1. The second-order valence-corrected chi connectivity index (χ2v) is 5.04. The van der Waals surface area contributed by atoms with Crippen molar-refractivity contribution in [3.63, 3.8) is 0 Å². The zero-order valence-electron chi connectivity index (χ0n) is 10.0. The van der Waals surface area contributed by atoms with Crippen molar-refractivity contribution in [1.29, 1.82) is 0 Å². The Hall–Kier alpha value is -1.13. The molecular weight excluding hydrogens is 255 g/mol. The highest BCUT2D eigenvalue weighted by Crippen LogP contribution is 2.20. The molecule has 0 spiro atoms. The largest absolute Gasteiger partial charge is 0.326 e. The molecule has 0 radical (unpaired) electrons. The van der Waals surface area contributed by atoms with Crippen LogP contribution in [-0.2, 0) is 4.79 Å². The number of carbonyl (C=O) groups is 1. The van der Waals surface area contributed by atoms with Crippen LogP contribution in [0.4, 0.5) is 10.1 Å². The zero-order chi connectivity index (χ0) is 13.0. The molecule has 1 fully saturated rings. The molecule has 1 aliphatic heterocycles.